The quantitative estimate of drug-likeness (QED) is 0.0590. The first-order valence-electron chi connectivity index (χ1n) is 15.9. The summed E-state index contributed by atoms with van der Waals surface area (Å²) in [5.41, 5.74) is 0. The van der Waals surface area contributed by atoms with Crippen LogP contribution in [0.5, 0.6) is 0 Å². The summed E-state index contributed by atoms with van der Waals surface area (Å²) in [5.74, 6) is -0.108. The third kappa shape index (κ3) is 27.6. The summed E-state index contributed by atoms with van der Waals surface area (Å²) in [6, 6.07) is 0. The molecule has 0 aliphatic heterocycles. The number of unbranched alkanes of at least 4 members (excludes halogenated alkanes) is 22. The van der Waals surface area contributed by atoms with Crippen LogP contribution in [0.2, 0.25) is 0 Å². The Morgan fingerprint density at radius 1 is 0.543 bits per heavy atom. The molecule has 0 amide bonds. The minimum atomic E-state index is -0.208. The van der Waals surface area contributed by atoms with E-state index in [1.807, 2.05) is 0 Å². The van der Waals surface area contributed by atoms with Gasteiger partial charge in [-0.05, 0) is 19.3 Å². The van der Waals surface area contributed by atoms with Gasteiger partial charge in [0.15, 0.2) is 0 Å². The number of carbonyl (C=O) groups excluding carboxylic acids is 2. The van der Waals surface area contributed by atoms with Crippen molar-refractivity contribution in [1.29, 1.82) is 0 Å². The molecule has 0 saturated heterocycles. The maximum Gasteiger partial charge on any atom is 0.306 e. The van der Waals surface area contributed by atoms with E-state index in [1.165, 1.54) is 135 Å². The van der Waals surface area contributed by atoms with Crippen LogP contribution in [0.3, 0.4) is 0 Å². The average molecular weight is 495 g/mol. The molecule has 0 heterocycles. The molecule has 3 nitrogen and oxygen atoms in total. The van der Waals surface area contributed by atoms with Crippen molar-refractivity contribution >= 4 is 12.3 Å². The van der Waals surface area contributed by atoms with E-state index in [2.05, 4.69) is 13.8 Å². The summed E-state index contributed by atoms with van der Waals surface area (Å²) in [7, 11) is 0. The van der Waals surface area contributed by atoms with E-state index in [-0.39, 0.29) is 12.1 Å². The number of carbonyl (C=O) groups is 2. The molecule has 0 fully saturated rings. The van der Waals surface area contributed by atoms with Gasteiger partial charge >= 0.3 is 5.97 Å². The summed E-state index contributed by atoms with van der Waals surface area (Å²) in [5, 5.41) is 0. The zero-order valence-corrected chi connectivity index (χ0v) is 24.0. The van der Waals surface area contributed by atoms with Gasteiger partial charge in [-0.2, -0.15) is 0 Å². The number of ether oxygens (including phenoxy) is 1. The smallest absolute Gasteiger partial charge is 0.306 e. The molecule has 1 atom stereocenters. The lowest BCUT2D eigenvalue weighted by Crippen LogP contribution is -2.18. The van der Waals surface area contributed by atoms with Crippen molar-refractivity contribution in [1.82, 2.24) is 0 Å². The van der Waals surface area contributed by atoms with Crippen molar-refractivity contribution in [3.8, 4) is 0 Å². The van der Waals surface area contributed by atoms with Gasteiger partial charge in [0.2, 0.25) is 0 Å². The molecule has 0 aromatic heterocycles. The first-order chi connectivity index (χ1) is 17.2. The monoisotopic (exact) mass is 494 g/mol. The number of hydrogen-bond donors (Lipinski definition) is 0. The first kappa shape index (κ1) is 34.1. The summed E-state index contributed by atoms with van der Waals surface area (Å²) < 4.78 is 5.62. The molecule has 0 aliphatic carbocycles. The van der Waals surface area contributed by atoms with Crippen LogP contribution in [0.1, 0.15) is 187 Å². The number of esters is 1. The molecule has 208 valence electrons. The molecule has 0 spiro atoms. The number of hydrogen-bond acceptors (Lipinski definition) is 3. The minimum Gasteiger partial charge on any atom is -0.462 e. The molecular weight excluding hydrogens is 432 g/mol. The van der Waals surface area contributed by atoms with Gasteiger partial charge in [0, 0.05) is 12.8 Å². The Morgan fingerprint density at radius 2 is 0.886 bits per heavy atom. The third-order valence-corrected chi connectivity index (χ3v) is 7.27. The van der Waals surface area contributed by atoms with E-state index in [4.69, 9.17) is 4.74 Å². The Labute approximate surface area is 219 Å². The van der Waals surface area contributed by atoms with Gasteiger partial charge in [0.1, 0.15) is 12.4 Å². The summed E-state index contributed by atoms with van der Waals surface area (Å²) in [6.07, 6.45) is 33.8. The molecule has 0 radical (unpaired) electrons. The number of rotatable bonds is 29. The van der Waals surface area contributed by atoms with Crippen molar-refractivity contribution in [3.05, 3.63) is 0 Å². The highest BCUT2D eigenvalue weighted by molar-refractivity contribution is 5.69. The first-order valence-corrected chi connectivity index (χ1v) is 15.9. The highest BCUT2D eigenvalue weighted by atomic mass is 16.5. The normalized spacial score (nSPS) is 12.1. The van der Waals surface area contributed by atoms with E-state index in [9.17, 15) is 9.59 Å². The summed E-state index contributed by atoms with van der Waals surface area (Å²) in [4.78, 5) is 23.2. The maximum atomic E-state index is 12.2. The molecule has 35 heavy (non-hydrogen) atoms. The molecule has 0 bridgehead atoms. The Hall–Kier alpha value is -0.860. The Bertz CT molecular complexity index is 435. The van der Waals surface area contributed by atoms with E-state index >= 15 is 0 Å². The van der Waals surface area contributed by atoms with Gasteiger partial charge in [-0.25, -0.2) is 0 Å². The standard InChI is InChI=1S/C32H62O3/c1-3-5-7-9-11-13-15-16-18-20-22-24-26-28-32(34)35-31(29-30-33)27-25-23-21-19-17-14-12-10-8-6-4-2/h30-31H,3-29H2,1-2H3. The molecule has 0 rings (SSSR count). The molecule has 0 saturated carbocycles. The van der Waals surface area contributed by atoms with Crippen LogP contribution in [-0.4, -0.2) is 18.4 Å². The van der Waals surface area contributed by atoms with Crippen LogP contribution in [0.15, 0.2) is 0 Å². The van der Waals surface area contributed by atoms with Crippen molar-refractivity contribution in [3.63, 3.8) is 0 Å². The van der Waals surface area contributed by atoms with Gasteiger partial charge in [-0.15, -0.1) is 0 Å². The predicted molar refractivity (Wildman–Crippen MR) is 152 cm³/mol. The van der Waals surface area contributed by atoms with Crippen LogP contribution in [0.4, 0.5) is 0 Å². The molecular formula is C32H62O3. The van der Waals surface area contributed by atoms with Gasteiger partial charge in [0.25, 0.3) is 0 Å². The fraction of sp³-hybridized carbons (Fsp3) is 0.938. The van der Waals surface area contributed by atoms with Crippen LogP contribution in [-0.2, 0) is 14.3 Å². The van der Waals surface area contributed by atoms with Crippen molar-refractivity contribution in [2.45, 2.75) is 193 Å². The summed E-state index contributed by atoms with van der Waals surface area (Å²) >= 11 is 0. The van der Waals surface area contributed by atoms with Crippen molar-refractivity contribution in [2.24, 2.45) is 0 Å². The lowest BCUT2D eigenvalue weighted by atomic mass is 10.0. The maximum absolute atomic E-state index is 12.2. The predicted octanol–water partition coefficient (Wildman–Crippen LogP) is 10.7. The number of aldehydes is 1. The molecule has 0 N–H and O–H groups in total. The van der Waals surface area contributed by atoms with E-state index in [0.717, 1.165) is 32.0 Å². The zero-order chi connectivity index (χ0) is 25.7. The van der Waals surface area contributed by atoms with Crippen molar-refractivity contribution in [2.75, 3.05) is 0 Å². The molecule has 3 heteroatoms. The SMILES string of the molecule is CCCCCCCCCCCCCCCC(=O)OC(CC=O)CCCCCCCCCCCCC. The second-order valence-electron chi connectivity index (χ2n) is 10.8. The topological polar surface area (TPSA) is 43.4 Å². The van der Waals surface area contributed by atoms with E-state index < -0.39 is 0 Å². The lowest BCUT2D eigenvalue weighted by Gasteiger charge is -2.15. The summed E-state index contributed by atoms with van der Waals surface area (Å²) in [6.45, 7) is 4.54. The molecule has 0 aromatic rings. The minimum absolute atomic E-state index is 0.108. The second-order valence-corrected chi connectivity index (χ2v) is 10.8. The second kappa shape index (κ2) is 29.4. The zero-order valence-electron chi connectivity index (χ0n) is 24.0. The van der Waals surface area contributed by atoms with Crippen LogP contribution in [0, 0.1) is 0 Å². The fourth-order valence-electron chi connectivity index (χ4n) is 4.90. The molecule has 0 aliphatic rings. The Balaban J connectivity index is 3.54. The van der Waals surface area contributed by atoms with Gasteiger partial charge in [0.05, 0.1) is 0 Å². The van der Waals surface area contributed by atoms with Crippen molar-refractivity contribution < 1.29 is 14.3 Å². The van der Waals surface area contributed by atoms with E-state index in [0.29, 0.717) is 12.8 Å². The Kier molecular flexibility index (Phi) is 28.6. The van der Waals surface area contributed by atoms with E-state index in [1.54, 1.807) is 0 Å². The van der Waals surface area contributed by atoms with Crippen LogP contribution >= 0.6 is 0 Å². The average Bonchev–Trinajstić information content (AvgIpc) is 2.85. The molecule has 0 aromatic carbocycles. The lowest BCUT2D eigenvalue weighted by molar-refractivity contribution is -0.150. The fourth-order valence-corrected chi connectivity index (χ4v) is 4.90. The van der Waals surface area contributed by atoms with Gasteiger partial charge in [-0.1, -0.05) is 155 Å². The third-order valence-electron chi connectivity index (χ3n) is 7.27. The van der Waals surface area contributed by atoms with Gasteiger partial charge in [-0.3, -0.25) is 4.79 Å². The molecule has 1 unspecified atom stereocenters. The largest absolute Gasteiger partial charge is 0.462 e. The Morgan fingerprint density at radius 3 is 1.26 bits per heavy atom. The highest BCUT2D eigenvalue weighted by Crippen LogP contribution is 2.16. The van der Waals surface area contributed by atoms with Gasteiger partial charge < -0.3 is 9.53 Å². The highest BCUT2D eigenvalue weighted by Gasteiger charge is 2.13. The van der Waals surface area contributed by atoms with Crippen LogP contribution < -0.4 is 0 Å². The van der Waals surface area contributed by atoms with Crippen LogP contribution in [0.25, 0.3) is 0 Å².